The summed E-state index contributed by atoms with van der Waals surface area (Å²) in [4.78, 5) is 0. The third-order valence-corrected chi connectivity index (χ3v) is 3.61. The van der Waals surface area contributed by atoms with Crippen LogP contribution in [0.5, 0.6) is 0 Å². The van der Waals surface area contributed by atoms with E-state index >= 15 is 0 Å². The van der Waals surface area contributed by atoms with Crippen molar-refractivity contribution in [3.8, 4) is 0 Å². The van der Waals surface area contributed by atoms with Gasteiger partial charge >= 0.3 is 0 Å². The first-order valence-electron chi connectivity index (χ1n) is 6.05. The predicted octanol–water partition coefficient (Wildman–Crippen LogP) is 3.85. The van der Waals surface area contributed by atoms with Crippen LogP contribution >= 0.6 is 11.6 Å². The Bertz CT molecular complexity index is 428. The van der Waals surface area contributed by atoms with E-state index in [0.717, 1.165) is 18.4 Å². The van der Waals surface area contributed by atoms with Crippen LogP contribution in [-0.2, 0) is 6.42 Å². The van der Waals surface area contributed by atoms with Crippen LogP contribution < -0.4 is 5.73 Å². The first-order chi connectivity index (χ1) is 8.16. The Morgan fingerprint density at radius 3 is 2.82 bits per heavy atom. The fraction of sp³-hybridized carbons (Fsp3) is 0.429. The quantitative estimate of drug-likeness (QED) is 0.814. The van der Waals surface area contributed by atoms with Gasteiger partial charge in [-0.2, -0.15) is 0 Å². The zero-order valence-electron chi connectivity index (χ0n) is 9.76. The molecule has 1 aromatic carbocycles. The van der Waals surface area contributed by atoms with Gasteiger partial charge in [0.15, 0.2) is 0 Å². The molecule has 2 N–H and O–H groups in total. The first kappa shape index (κ1) is 12.6. The Labute approximate surface area is 106 Å². The Balaban J connectivity index is 2.07. The molecule has 0 amide bonds. The molecule has 0 spiro atoms. The van der Waals surface area contributed by atoms with E-state index < -0.39 is 0 Å². The van der Waals surface area contributed by atoms with Crippen molar-refractivity contribution in [2.75, 3.05) is 0 Å². The topological polar surface area (TPSA) is 26.0 Å². The molecule has 3 heteroatoms. The standard InChI is InChI=1S/C14H17ClFN/c15-13-9-12(16)7-6-11(13)8-14(17)10-4-2-1-3-5-10/h4,6-7,9,14H,1-3,5,8,17H2. The normalized spacial score (nSPS) is 17.7. The lowest BCUT2D eigenvalue weighted by Gasteiger charge is -2.20. The molecule has 0 saturated heterocycles. The van der Waals surface area contributed by atoms with Crippen LogP contribution in [0.2, 0.25) is 5.02 Å². The Morgan fingerprint density at radius 1 is 1.35 bits per heavy atom. The molecule has 2 rings (SSSR count). The van der Waals surface area contributed by atoms with Gasteiger partial charge in [0.1, 0.15) is 5.82 Å². The molecule has 92 valence electrons. The van der Waals surface area contributed by atoms with Crippen molar-refractivity contribution < 1.29 is 4.39 Å². The molecule has 0 fully saturated rings. The number of rotatable bonds is 3. The van der Waals surface area contributed by atoms with E-state index in [0.29, 0.717) is 11.4 Å². The second kappa shape index (κ2) is 5.65. The predicted molar refractivity (Wildman–Crippen MR) is 69.6 cm³/mol. The third-order valence-electron chi connectivity index (χ3n) is 3.26. The van der Waals surface area contributed by atoms with Gasteiger partial charge in [0, 0.05) is 11.1 Å². The highest BCUT2D eigenvalue weighted by Crippen LogP contribution is 2.24. The molecule has 1 aromatic rings. The molecule has 1 aliphatic rings. The number of benzene rings is 1. The fourth-order valence-corrected chi connectivity index (χ4v) is 2.50. The first-order valence-corrected chi connectivity index (χ1v) is 6.43. The Hall–Kier alpha value is -0.860. The van der Waals surface area contributed by atoms with Gasteiger partial charge in [-0.05, 0) is 49.8 Å². The molecule has 1 aliphatic carbocycles. The summed E-state index contributed by atoms with van der Waals surface area (Å²) in [5.74, 6) is -0.302. The molecule has 0 aliphatic heterocycles. The zero-order chi connectivity index (χ0) is 12.3. The fourth-order valence-electron chi connectivity index (χ4n) is 2.25. The molecular weight excluding hydrogens is 237 g/mol. The van der Waals surface area contributed by atoms with E-state index in [1.807, 2.05) is 0 Å². The highest BCUT2D eigenvalue weighted by Gasteiger charge is 2.14. The molecule has 1 unspecified atom stereocenters. The lowest BCUT2D eigenvalue weighted by Crippen LogP contribution is -2.26. The summed E-state index contributed by atoms with van der Waals surface area (Å²) in [6.07, 6.45) is 7.61. The van der Waals surface area contributed by atoms with Crippen LogP contribution in [0, 0.1) is 5.82 Å². The monoisotopic (exact) mass is 253 g/mol. The van der Waals surface area contributed by atoms with Crippen molar-refractivity contribution in [1.82, 2.24) is 0 Å². The summed E-state index contributed by atoms with van der Waals surface area (Å²) < 4.78 is 12.9. The van der Waals surface area contributed by atoms with Crippen molar-refractivity contribution in [3.05, 3.63) is 46.3 Å². The molecule has 0 aromatic heterocycles. The average Bonchev–Trinajstić information content (AvgIpc) is 2.34. The van der Waals surface area contributed by atoms with Gasteiger partial charge in [-0.15, -0.1) is 0 Å². The smallest absolute Gasteiger partial charge is 0.124 e. The van der Waals surface area contributed by atoms with Crippen molar-refractivity contribution in [2.45, 2.75) is 38.1 Å². The summed E-state index contributed by atoms with van der Waals surface area (Å²) in [6.45, 7) is 0. The summed E-state index contributed by atoms with van der Waals surface area (Å²) in [5, 5.41) is 0.469. The van der Waals surface area contributed by atoms with Gasteiger partial charge in [-0.25, -0.2) is 4.39 Å². The van der Waals surface area contributed by atoms with E-state index in [4.69, 9.17) is 17.3 Å². The van der Waals surface area contributed by atoms with Crippen LogP contribution in [0.1, 0.15) is 31.2 Å². The second-order valence-corrected chi connectivity index (χ2v) is 4.98. The van der Waals surface area contributed by atoms with E-state index in [1.165, 1.54) is 30.5 Å². The molecule has 1 atom stereocenters. The molecule has 0 radical (unpaired) electrons. The second-order valence-electron chi connectivity index (χ2n) is 4.57. The van der Waals surface area contributed by atoms with Crippen LogP contribution in [0.15, 0.2) is 29.8 Å². The largest absolute Gasteiger partial charge is 0.324 e. The summed E-state index contributed by atoms with van der Waals surface area (Å²) in [7, 11) is 0. The number of hydrogen-bond acceptors (Lipinski definition) is 1. The Kier molecular flexibility index (Phi) is 4.19. The van der Waals surface area contributed by atoms with Crippen molar-refractivity contribution in [3.63, 3.8) is 0 Å². The van der Waals surface area contributed by atoms with Gasteiger partial charge in [0.25, 0.3) is 0 Å². The summed E-state index contributed by atoms with van der Waals surface area (Å²) in [6, 6.07) is 4.52. The minimum absolute atomic E-state index is 0.0123. The third kappa shape index (κ3) is 3.30. The van der Waals surface area contributed by atoms with Crippen LogP contribution in [0.25, 0.3) is 0 Å². The molecule has 0 bridgehead atoms. The Morgan fingerprint density at radius 2 is 2.18 bits per heavy atom. The minimum atomic E-state index is -0.302. The number of halogens is 2. The lowest BCUT2D eigenvalue weighted by atomic mass is 9.91. The summed E-state index contributed by atoms with van der Waals surface area (Å²) in [5.41, 5.74) is 8.41. The molecule has 0 saturated carbocycles. The number of hydrogen-bond donors (Lipinski definition) is 1. The van der Waals surface area contributed by atoms with Gasteiger partial charge in [-0.3, -0.25) is 0 Å². The van der Waals surface area contributed by atoms with Crippen molar-refractivity contribution in [2.24, 2.45) is 5.73 Å². The van der Waals surface area contributed by atoms with Gasteiger partial charge in [0.2, 0.25) is 0 Å². The SMILES string of the molecule is NC(Cc1ccc(F)cc1Cl)C1=CCCCC1. The van der Waals surface area contributed by atoms with E-state index in [1.54, 1.807) is 6.07 Å². The van der Waals surface area contributed by atoms with Gasteiger partial charge in [-0.1, -0.05) is 29.3 Å². The minimum Gasteiger partial charge on any atom is -0.324 e. The molecule has 17 heavy (non-hydrogen) atoms. The van der Waals surface area contributed by atoms with Crippen molar-refractivity contribution >= 4 is 11.6 Å². The zero-order valence-corrected chi connectivity index (χ0v) is 10.5. The lowest BCUT2D eigenvalue weighted by molar-refractivity contribution is 0.620. The maximum absolute atomic E-state index is 12.9. The molecule has 0 heterocycles. The average molecular weight is 254 g/mol. The highest BCUT2D eigenvalue weighted by molar-refractivity contribution is 6.31. The highest BCUT2D eigenvalue weighted by atomic mass is 35.5. The van der Waals surface area contributed by atoms with Crippen molar-refractivity contribution in [1.29, 1.82) is 0 Å². The van der Waals surface area contributed by atoms with E-state index in [2.05, 4.69) is 6.08 Å². The van der Waals surface area contributed by atoms with Crippen LogP contribution in [0.3, 0.4) is 0 Å². The van der Waals surface area contributed by atoms with Gasteiger partial charge in [0.05, 0.1) is 0 Å². The number of allylic oxidation sites excluding steroid dienone is 1. The summed E-state index contributed by atoms with van der Waals surface area (Å²) >= 11 is 6.00. The van der Waals surface area contributed by atoms with Crippen LogP contribution in [0.4, 0.5) is 4.39 Å². The van der Waals surface area contributed by atoms with Gasteiger partial charge < -0.3 is 5.73 Å². The molecule has 1 nitrogen and oxygen atoms in total. The van der Waals surface area contributed by atoms with E-state index in [-0.39, 0.29) is 11.9 Å². The maximum Gasteiger partial charge on any atom is 0.124 e. The number of nitrogens with two attached hydrogens (primary N) is 1. The van der Waals surface area contributed by atoms with Crippen LogP contribution in [-0.4, -0.2) is 6.04 Å². The molecular formula is C14H17ClFN. The maximum atomic E-state index is 12.9. The van der Waals surface area contributed by atoms with E-state index in [9.17, 15) is 4.39 Å².